The van der Waals surface area contributed by atoms with Gasteiger partial charge >= 0.3 is 0 Å². The Balaban J connectivity index is 2.30. The van der Waals surface area contributed by atoms with Gasteiger partial charge in [-0.05, 0) is 57.4 Å². The molecule has 0 amide bonds. The average Bonchev–Trinajstić information content (AvgIpc) is 2.55. The quantitative estimate of drug-likeness (QED) is 0.918. The van der Waals surface area contributed by atoms with Crippen molar-refractivity contribution in [2.24, 2.45) is 0 Å². The van der Waals surface area contributed by atoms with E-state index >= 15 is 0 Å². The van der Waals surface area contributed by atoms with E-state index in [-0.39, 0.29) is 0 Å². The van der Waals surface area contributed by atoms with Gasteiger partial charge in [0.25, 0.3) is 0 Å². The molecule has 2 aromatic rings. The van der Waals surface area contributed by atoms with Gasteiger partial charge in [-0.1, -0.05) is 17.7 Å². The maximum atomic E-state index is 10.5. The first-order valence-corrected chi connectivity index (χ1v) is 6.65. The van der Waals surface area contributed by atoms with Gasteiger partial charge in [-0.15, -0.1) is 0 Å². The monoisotopic (exact) mass is 258 g/mol. The fraction of sp³-hybridized carbons (Fsp3) is 0.438. The molecule has 0 radical (unpaired) electrons. The Labute approximate surface area is 114 Å². The highest BCUT2D eigenvalue weighted by molar-refractivity contribution is 5.38. The van der Waals surface area contributed by atoms with Crippen LogP contribution in [0.4, 0.5) is 0 Å². The van der Waals surface area contributed by atoms with Crippen LogP contribution < -0.4 is 0 Å². The minimum absolute atomic E-state index is 0.504. The van der Waals surface area contributed by atoms with Crippen molar-refractivity contribution in [1.82, 2.24) is 9.78 Å². The highest BCUT2D eigenvalue weighted by Crippen LogP contribution is 2.25. The molecule has 3 heteroatoms. The van der Waals surface area contributed by atoms with Crippen LogP contribution in [0, 0.1) is 34.6 Å². The number of aliphatic hydroxyl groups excluding tert-OH is 1. The second kappa shape index (κ2) is 5.17. The number of hydrogen-bond donors (Lipinski definition) is 1. The van der Waals surface area contributed by atoms with E-state index in [1.807, 2.05) is 24.6 Å². The topological polar surface area (TPSA) is 38.0 Å². The van der Waals surface area contributed by atoms with Crippen LogP contribution in [-0.4, -0.2) is 14.9 Å². The highest BCUT2D eigenvalue weighted by Gasteiger charge is 2.15. The second-order valence-electron chi connectivity index (χ2n) is 5.44. The van der Waals surface area contributed by atoms with E-state index in [0.29, 0.717) is 6.54 Å². The van der Waals surface area contributed by atoms with Crippen LogP contribution in [-0.2, 0) is 6.54 Å². The molecule has 1 atom stereocenters. The summed E-state index contributed by atoms with van der Waals surface area (Å²) in [7, 11) is 0. The highest BCUT2D eigenvalue weighted by atomic mass is 16.3. The Bertz CT molecular complexity index is 576. The first kappa shape index (κ1) is 13.8. The molecule has 1 aromatic carbocycles. The number of aryl methyl sites for hydroxylation is 5. The maximum absolute atomic E-state index is 10.5. The lowest BCUT2D eigenvalue weighted by Gasteiger charge is -2.18. The zero-order chi connectivity index (χ0) is 14.2. The third kappa shape index (κ3) is 2.87. The lowest BCUT2D eigenvalue weighted by atomic mass is 9.95. The van der Waals surface area contributed by atoms with E-state index in [2.05, 4.69) is 38.0 Å². The first-order chi connectivity index (χ1) is 8.88. The lowest BCUT2D eigenvalue weighted by molar-refractivity contribution is 0.149. The van der Waals surface area contributed by atoms with E-state index < -0.39 is 6.10 Å². The van der Waals surface area contributed by atoms with Crippen molar-refractivity contribution in [3.05, 3.63) is 51.8 Å². The summed E-state index contributed by atoms with van der Waals surface area (Å²) in [6.07, 6.45) is -0.515. The summed E-state index contributed by atoms with van der Waals surface area (Å²) < 4.78 is 1.87. The molecule has 3 nitrogen and oxygen atoms in total. The summed E-state index contributed by atoms with van der Waals surface area (Å²) in [5.74, 6) is 0. The van der Waals surface area contributed by atoms with Crippen molar-refractivity contribution in [2.45, 2.75) is 47.3 Å². The SMILES string of the molecule is Cc1cc(C)c(C(O)Cn2nc(C)cc2C)c(C)c1. The van der Waals surface area contributed by atoms with Gasteiger partial charge in [-0.3, -0.25) is 4.68 Å². The summed E-state index contributed by atoms with van der Waals surface area (Å²) in [5, 5.41) is 14.9. The van der Waals surface area contributed by atoms with Gasteiger partial charge < -0.3 is 5.11 Å². The van der Waals surface area contributed by atoms with Crippen LogP contribution >= 0.6 is 0 Å². The lowest BCUT2D eigenvalue weighted by Crippen LogP contribution is -2.13. The van der Waals surface area contributed by atoms with E-state index in [4.69, 9.17) is 0 Å². The summed E-state index contributed by atoms with van der Waals surface area (Å²) >= 11 is 0. The summed E-state index contributed by atoms with van der Waals surface area (Å²) in [5.41, 5.74) is 6.62. The van der Waals surface area contributed by atoms with Crippen molar-refractivity contribution in [3.8, 4) is 0 Å². The molecule has 0 bridgehead atoms. The average molecular weight is 258 g/mol. The van der Waals surface area contributed by atoms with Crippen molar-refractivity contribution in [2.75, 3.05) is 0 Å². The van der Waals surface area contributed by atoms with Gasteiger partial charge in [0.1, 0.15) is 0 Å². The number of aromatic nitrogens is 2. The molecule has 0 saturated heterocycles. The molecule has 1 N–H and O–H groups in total. The molecular formula is C16H22N2O. The third-order valence-corrected chi connectivity index (χ3v) is 3.52. The van der Waals surface area contributed by atoms with Gasteiger partial charge in [0, 0.05) is 5.69 Å². The van der Waals surface area contributed by atoms with Crippen LogP contribution in [0.1, 0.15) is 39.7 Å². The van der Waals surface area contributed by atoms with E-state index in [0.717, 1.165) is 28.1 Å². The molecule has 1 aromatic heterocycles. The molecule has 19 heavy (non-hydrogen) atoms. The van der Waals surface area contributed by atoms with Crippen molar-refractivity contribution >= 4 is 0 Å². The van der Waals surface area contributed by atoms with Crippen molar-refractivity contribution < 1.29 is 5.11 Å². The van der Waals surface area contributed by atoms with Crippen LogP contribution in [0.25, 0.3) is 0 Å². The summed E-state index contributed by atoms with van der Waals surface area (Å²) in [4.78, 5) is 0. The van der Waals surface area contributed by atoms with E-state index in [1.165, 1.54) is 5.56 Å². The molecule has 0 aliphatic heterocycles. The van der Waals surface area contributed by atoms with E-state index in [1.54, 1.807) is 0 Å². The van der Waals surface area contributed by atoms with Gasteiger partial charge in [0.2, 0.25) is 0 Å². The Hall–Kier alpha value is -1.61. The second-order valence-corrected chi connectivity index (χ2v) is 5.44. The molecule has 0 spiro atoms. The standard InChI is InChI=1S/C16H22N2O/c1-10-6-11(2)16(12(3)7-10)15(19)9-18-14(5)8-13(4)17-18/h6-8,15,19H,9H2,1-5H3. The largest absolute Gasteiger partial charge is 0.386 e. The molecule has 0 fully saturated rings. The minimum Gasteiger partial charge on any atom is -0.386 e. The minimum atomic E-state index is -0.515. The maximum Gasteiger partial charge on any atom is 0.0991 e. The molecule has 0 saturated carbocycles. The van der Waals surface area contributed by atoms with Gasteiger partial charge in [0.15, 0.2) is 0 Å². The summed E-state index contributed by atoms with van der Waals surface area (Å²) in [6, 6.07) is 6.26. The molecule has 102 valence electrons. The smallest absolute Gasteiger partial charge is 0.0991 e. The Kier molecular flexibility index (Phi) is 3.76. The molecule has 2 rings (SSSR count). The molecule has 0 aliphatic carbocycles. The van der Waals surface area contributed by atoms with Gasteiger partial charge in [-0.2, -0.15) is 5.10 Å². The van der Waals surface area contributed by atoms with Crippen LogP contribution in [0.15, 0.2) is 18.2 Å². The number of hydrogen-bond acceptors (Lipinski definition) is 2. The predicted octanol–water partition coefficient (Wildman–Crippen LogP) is 3.16. The zero-order valence-electron chi connectivity index (χ0n) is 12.4. The fourth-order valence-corrected chi connectivity index (χ4v) is 2.83. The third-order valence-electron chi connectivity index (χ3n) is 3.52. The fourth-order valence-electron chi connectivity index (χ4n) is 2.83. The van der Waals surface area contributed by atoms with Crippen molar-refractivity contribution in [1.29, 1.82) is 0 Å². The van der Waals surface area contributed by atoms with Crippen LogP contribution in [0.5, 0.6) is 0 Å². The molecular weight excluding hydrogens is 236 g/mol. The summed E-state index contributed by atoms with van der Waals surface area (Å²) in [6.45, 7) is 10.7. The Morgan fingerprint density at radius 1 is 1.05 bits per heavy atom. The Morgan fingerprint density at radius 2 is 1.63 bits per heavy atom. The van der Waals surface area contributed by atoms with Gasteiger partial charge in [0.05, 0.1) is 18.3 Å². The molecule has 0 aliphatic rings. The van der Waals surface area contributed by atoms with Gasteiger partial charge in [-0.25, -0.2) is 0 Å². The Morgan fingerprint density at radius 3 is 2.11 bits per heavy atom. The predicted molar refractivity (Wildman–Crippen MR) is 77.3 cm³/mol. The number of nitrogens with zero attached hydrogens (tertiary/aromatic N) is 2. The number of aliphatic hydroxyl groups is 1. The number of benzene rings is 1. The number of rotatable bonds is 3. The molecule has 1 heterocycles. The molecule has 1 unspecified atom stereocenters. The van der Waals surface area contributed by atoms with Crippen molar-refractivity contribution in [3.63, 3.8) is 0 Å². The zero-order valence-corrected chi connectivity index (χ0v) is 12.4. The van der Waals surface area contributed by atoms with E-state index in [9.17, 15) is 5.11 Å². The first-order valence-electron chi connectivity index (χ1n) is 6.65. The van der Waals surface area contributed by atoms with Crippen LogP contribution in [0.3, 0.4) is 0 Å². The van der Waals surface area contributed by atoms with Crippen LogP contribution in [0.2, 0.25) is 0 Å². The normalized spacial score (nSPS) is 12.7.